The second kappa shape index (κ2) is 12.3. The highest BCUT2D eigenvalue weighted by molar-refractivity contribution is 6.03. The summed E-state index contributed by atoms with van der Waals surface area (Å²) in [6, 6.07) is 17.6. The molecule has 0 saturated carbocycles. The Morgan fingerprint density at radius 2 is 1.69 bits per heavy atom. The number of hydrogen-bond donors (Lipinski definition) is 0. The first kappa shape index (κ1) is 28.1. The predicted octanol–water partition coefficient (Wildman–Crippen LogP) is 6.86. The molecule has 2 atom stereocenters. The summed E-state index contributed by atoms with van der Waals surface area (Å²) in [7, 11) is 1.64. The molecule has 8 nitrogen and oxygen atoms in total. The summed E-state index contributed by atoms with van der Waals surface area (Å²) in [5, 5.41) is 0.672. The van der Waals surface area contributed by atoms with Crippen LogP contribution in [-0.2, 0) is 14.3 Å². The third kappa shape index (κ3) is 6.75. The quantitative estimate of drug-likeness (QED) is 0.183. The molecular formula is C31H36N2O6. The molecule has 4 aromatic rings. The molecule has 0 unspecified atom stereocenters. The van der Waals surface area contributed by atoms with Gasteiger partial charge < -0.3 is 23.4 Å². The maximum Gasteiger partial charge on any atom is 0.308 e. The Morgan fingerprint density at radius 1 is 0.974 bits per heavy atom. The van der Waals surface area contributed by atoms with Gasteiger partial charge in [-0.2, -0.15) is 0 Å². The molecule has 0 aliphatic heterocycles. The zero-order valence-corrected chi connectivity index (χ0v) is 23.4. The van der Waals surface area contributed by atoms with Crippen LogP contribution >= 0.6 is 0 Å². The van der Waals surface area contributed by atoms with Crippen molar-refractivity contribution in [2.45, 2.75) is 65.3 Å². The molecule has 206 valence electrons. The van der Waals surface area contributed by atoms with Gasteiger partial charge in [-0.05, 0) is 51.8 Å². The Balaban J connectivity index is 1.59. The first-order valence-corrected chi connectivity index (χ1v) is 13.2. The van der Waals surface area contributed by atoms with Gasteiger partial charge in [0, 0.05) is 11.1 Å². The van der Waals surface area contributed by atoms with E-state index in [1.54, 1.807) is 7.11 Å². The Hall–Kier alpha value is -3.91. The number of nitrogens with zero attached hydrogens (tertiary/aromatic N) is 2. The van der Waals surface area contributed by atoms with E-state index in [4.69, 9.17) is 23.4 Å². The number of furan rings is 1. The van der Waals surface area contributed by atoms with E-state index in [0.29, 0.717) is 22.7 Å². The molecule has 2 aromatic carbocycles. The highest BCUT2D eigenvalue weighted by Crippen LogP contribution is 2.43. The van der Waals surface area contributed by atoms with E-state index < -0.39 is 5.60 Å². The third-order valence-corrected chi connectivity index (χ3v) is 6.76. The minimum absolute atomic E-state index is 0.169. The number of ether oxygens (including phenoxy) is 4. The van der Waals surface area contributed by atoms with Gasteiger partial charge in [0.15, 0.2) is 0 Å². The van der Waals surface area contributed by atoms with Crippen molar-refractivity contribution in [2.75, 3.05) is 13.7 Å². The maximum atomic E-state index is 12.2. The van der Waals surface area contributed by atoms with Crippen LogP contribution in [0.5, 0.6) is 11.6 Å². The second-order valence-electron chi connectivity index (χ2n) is 10.00. The van der Waals surface area contributed by atoms with E-state index in [9.17, 15) is 4.79 Å². The predicted molar refractivity (Wildman–Crippen MR) is 150 cm³/mol. The number of hydrogen-bond acceptors (Lipinski definition) is 8. The zero-order chi connectivity index (χ0) is 28.0. The van der Waals surface area contributed by atoms with Crippen LogP contribution in [0, 0.1) is 0 Å². The smallest absolute Gasteiger partial charge is 0.308 e. The third-order valence-electron chi connectivity index (χ3n) is 6.76. The fourth-order valence-corrected chi connectivity index (χ4v) is 3.99. The van der Waals surface area contributed by atoms with E-state index in [1.807, 2.05) is 89.2 Å². The van der Waals surface area contributed by atoms with Crippen LogP contribution in [0.1, 0.15) is 47.5 Å². The van der Waals surface area contributed by atoms with Crippen molar-refractivity contribution in [3.05, 3.63) is 60.9 Å². The van der Waals surface area contributed by atoms with Crippen molar-refractivity contribution >= 4 is 17.1 Å². The molecule has 0 radical (unpaired) electrons. The Kier molecular flexibility index (Phi) is 8.86. The molecule has 0 N–H and O–H groups in total. The minimum atomic E-state index is -0.484. The van der Waals surface area contributed by atoms with E-state index in [0.717, 1.165) is 28.9 Å². The monoisotopic (exact) mass is 532 g/mol. The number of carbonyl (C=O) groups is 1. The van der Waals surface area contributed by atoms with Crippen molar-refractivity contribution in [1.29, 1.82) is 0 Å². The van der Waals surface area contributed by atoms with Crippen molar-refractivity contribution in [3.8, 4) is 34.1 Å². The van der Waals surface area contributed by atoms with Gasteiger partial charge >= 0.3 is 5.97 Å². The van der Waals surface area contributed by atoms with E-state index in [2.05, 4.69) is 9.97 Å². The van der Waals surface area contributed by atoms with Gasteiger partial charge in [-0.1, -0.05) is 49.4 Å². The van der Waals surface area contributed by atoms with Crippen LogP contribution in [0.2, 0.25) is 0 Å². The number of methoxy groups -OCH3 is 1. The summed E-state index contributed by atoms with van der Waals surface area (Å²) in [6.45, 7) is 9.81. The van der Waals surface area contributed by atoms with E-state index in [-0.39, 0.29) is 31.2 Å². The van der Waals surface area contributed by atoms with Crippen LogP contribution in [0.15, 0.2) is 65.3 Å². The van der Waals surface area contributed by atoms with Crippen LogP contribution in [0.4, 0.5) is 0 Å². The molecule has 0 aliphatic carbocycles. The van der Waals surface area contributed by atoms with Crippen LogP contribution in [-0.4, -0.2) is 47.5 Å². The molecule has 4 rings (SSSR count). The number of carbonyl (C=O) groups excluding carboxylic acids is 1. The SMILES string of the molecule is CCC(C)(C)OC(=O)CCO[C@H](C)[C@@H](C)Oc1ncnc2oc(-c3ccccc3)c(-c3ccc(OC)cc3)c12. The lowest BCUT2D eigenvalue weighted by Gasteiger charge is -2.24. The average Bonchev–Trinajstić information content (AvgIpc) is 3.34. The van der Waals surface area contributed by atoms with Gasteiger partial charge in [0.2, 0.25) is 11.6 Å². The summed E-state index contributed by atoms with van der Waals surface area (Å²) in [4.78, 5) is 21.0. The molecule has 2 heterocycles. The van der Waals surface area contributed by atoms with Gasteiger partial charge in [-0.15, -0.1) is 0 Å². The van der Waals surface area contributed by atoms with Crippen LogP contribution < -0.4 is 9.47 Å². The zero-order valence-electron chi connectivity index (χ0n) is 23.4. The lowest BCUT2D eigenvalue weighted by molar-refractivity contribution is -0.158. The van der Waals surface area contributed by atoms with E-state index >= 15 is 0 Å². The molecule has 8 heteroatoms. The molecule has 2 aromatic heterocycles. The lowest BCUT2D eigenvalue weighted by Crippen LogP contribution is -2.31. The molecular weight excluding hydrogens is 496 g/mol. The Labute approximate surface area is 229 Å². The summed E-state index contributed by atoms with van der Waals surface area (Å²) >= 11 is 0. The van der Waals surface area contributed by atoms with Gasteiger partial charge in [0.25, 0.3) is 0 Å². The van der Waals surface area contributed by atoms with Gasteiger partial charge in [-0.25, -0.2) is 9.97 Å². The first-order chi connectivity index (χ1) is 18.7. The molecule has 0 spiro atoms. The van der Waals surface area contributed by atoms with Gasteiger partial charge in [0.05, 0.1) is 26.2 Å². The standard InChI is InChI=1S/C31H36N2O6/c1-7-31(4,5)39-25(34)17-18-36-20(2)21(3)37-29-27-26(22-13-15-24(35-6)16-14-22)28(23-11-9-8-10-12-23)38-30(27)33-19-32-29/h8-16,19-21H,7,17-18H2,1-6H3/t20-,21-/m1/s1. The lowest BCUT2D eigenvalue weighted by atomic mass is 9.99. The molecule has 39 heavy (non-hydrogen) atoms. The number of benzene rings is 2. The highest BCUT2D eigenvalue weighted by Gasteiger charge is 2.26. The molecule has 0 saturated heterocycles. The average molecular weight is 533 g/mol. The number of aromatic nitrogens is 2. The number of esters is 1. The van der Waals surface area contributed by atoms with Gasteiger partial charge in [-0.3, -0.25) is 4.79 Å². The van der Waals surface area contributed by atoms with Crippen LogP contribution in [0.25, 0.3) is 33.6 Å². The molecule has 0 amide bonds. The summed E-state index contributed by atoms with van der Waals surface area (Å²) in [5.74, 6) is 1.54. The Morgan fingerprint density at radius 3 is 2.36 bits per heavy atom. The maximum absolute atomic E-state index is 12.2. The normalized spacial score (nSPS) is 13.2. The number of fused-ring (bicyclic) bond motifs is 1. The molecule has 0 aliphatic rings. The summed E-state index contributed by atoms with van der Waals surface area (Å²) in [5.41, 5.74) is 2.60. The van der Waals surface area contributed by atoms with Crippen molar-refractivity contribution in [2.24, 2.45) is 0 Å². The minimum Gasteiger partial charge on any atom is -0.497 e. The van der Waals surface area contributed by atoms with Gasteiger partial charge in [0.1, 0.15) is 34.9 Å². The fourth-order valence-electron chi connectivity index (χ4n) is 3.99. The van der Waals surface area contributed by atoms with Crippen molar-refractivity contribution in [3.63, 3.8) is 0 Å². The fraction of sp³-hybridized carbons (Fsp3) is 0.387. The topological polar surface area (TPSA) is 92.9 Å². The van der Waals surface area contributed by atoms with Crippen molar-refractivity contribution < 1.29 is 28.2 Å². The second-order valence-corrected chi connectivity index (χ2v) is 10.00. The largest absolute Gasteiger partial charge is 0.497 e. The summed E-state index contributed by atoms with van der Waals surface area (Å²) in [6.07, 6.45) is 1.66. The summed E-state index contributed by atoms with van der Waals surface area (Å²) < 4.78 is 29.4. The molecule has 0 fully saturated rings. The van der Waals surface area contributed by atoms with E-state index in [1.165, 1.54) is 6.33 Å². The number of rotatable bonds is 12. The van der Waals surface area contributed by atoms with Crippen LogP contribution in [0.3, 0.4) is 0 Å². The van der Waals surface area contributed by atoms with Crippen molar-refractivity contribution in [1.82, 2.24) is 9.97 Å². The highest BCUT2D eigenvalue weighted by atomic mass is 16.6. The molecule has 0 bridgehead atoms. The first-order valence-electron chi connectivity index (χ1n) is 13.2. The Bertz CT molecular complexity index is 1380.